The van der Waals surface area contributed by atoms with Gasteiger partial charge < -0.3 is 50.2 Å². The van der Waals surface area contributed by atoms with Gasteiger partial charge in [0.2, 0.25) is 0 Å². The molecule has 2 aromatic carbocycles. The summed E-state index contributed by atoms with van der Waals surface area (Å²) >= 11 is 0. The SMILES string of the molecule is C#CCCOC1CC(O)C(O)C(O)O1.CCC(C)CC(CNC(=O)c1cccc(Oc2ccccc2)c1)C(O)CC(C)CCC(O)C(=O)O. The number of carbonyl (C=O) groups excluding carboxylic acids is 1. The minimum Gasteiger partial charge on any atom is -0.479 e. The topological polar surface area (TPSA) is 195 Å². The van der Waals surface area contributed by atoms with Crippen molar-refractivity contribution in [1.29, 1.82) is 0 Å². The predicted octanol–water partition coefficient (Wildman–Crippen LogP) is 3.69. The largest absolute Gasteiger partial charge is 0.479 e. The molecule has 1 heterocycles. The molecule has 9 unspecified atom stereocenters. The zero-order valence-electron chi connectivity index (χ0n) is 28.6. The van der Waals surface area contributed by atoms with Gasteiger partial charge in [-0.25, -0.2) is 4.79 Å². The summed E-state index contributed by atoms with van der Waals surface area (Å²) in [6.07, 6.45) is 1.98. The molecule has 12 nitrogen and oxygen atoms in total. The third-order valence-corrected chi connectivity index (χ3v) is 8.37. The summed E-state index contributed by atoms with van der Waals surface area (Å²) in [5, 5.41) is 59.8. The highest BCUT2D eigenvalue weighted by molar-refractivity contribution is 5.94. The standard InChI is InChI=1S/C28H39NO6.C9H14O5/c1-4-19(2)15-22(26(31)16-20(3)13-14-25(30)28(33)34)18-29-27(32)21-9-8-12-24(17-21)35-23-10-6-5-7-11-23;1-2-3-4-13-7-5-6(10)8(11)9(12)14-7/h5-12,17,19-20,22,25-26,30-31H,4,13-16,18H2,1-3H3,(H,29,32)(H,33,34);1,6-12H,3-5H2. The average molecular weight is 688 g/mol. The molecule has 1 aliphatic heterocycles. The van der Waals surface area contributed by atoms with Crippen molar-refractivity contribution in [3.05, 3.63) is 60.2 Å². The molecule has 1 saturated heterocycles. The summed E-state index contributed by atoms with van der Waals surface area (Å²) in [4.78, 5) is 23.7. The molecule has 1 fully saturated rings. The Labute approximate surface area is 289 Å². The molecule has 0 bridgehead atoms. The number of aliphatic carboxylic acids is 1. The number of aliphatic hydroxyl groups excluding tert-OH is 5. The Balaban J connectivity index is 0.000000495. The Morgan fingerprint density at radius 2 is 1.69 bits per heavy atom. The van der Waals surface area contributed by atoms with Crippen LogP contribution < -0.4 is 10.1 Å². The zero-order valence-corrected chi connectivity index (χ0v) is 28.6. The van der Waals surface area contributed by atoms with E-state index in [1.807, 2.05) is 37.3 Å². The third-order valence-electron chi connectivity index (χ3n) is 8.37. The molecule has 9 atom stereocenters. The van der Waals surface area contributed by atoms with Crippen molar-refractivity contribution in [3.8, 4) is 23.8 Å². The van der Waals surface area contributed by atoms with Crippen LogP contribution >= 0.6 is 0 Å². The van der Waals surface area contributed by atoms with E-state index in [1.54, 1.807) is 24.3 Å². The summed E-state index contributed by atoms with van der Waals surface area (Å²) < 4.78 is 15.8. The van der Waals surface area contributed by atoms with E-state index in [0.717, 1.165) is 12.8 Å². The van der Waals surface area contributed by atoms with Crippen LogP contribution in [0.5, 0.6) is 11.5 Å². The average Bonchev–Trinajstić information content (AvgIpc) is 3.08. The maximum atomic E-state index is 12.9. The number of carboxylic acid groups (broad SMARTS) is 1. The summed E-state index contributed by atoms with van der Waals surface area (Å²) in [5.41, 5.74) is 0.478. The number of para-hydroxylation sites is 1. The second-order valence-corrected chi connectivity index (χ2v) is 12.6. The molecular weight excluding hydrogens is 634 g/mol. The van der Waals surface area contributed by atoms with Crippen LogP contribution in [0.15, 0.2) is 54.6 Å². The van der Waals surface area contributed by atoms with E-state index in [-0.39, 0.29) is 30.6 Å². The van der Waals surface area contributed by atoms with Gasteiger partial charge in [-0.2, -0.15) is 0 Å². The number of hydrogen-bond acceptors (Lipinski definition) is 10. The van der Waals surface area contributed by atoms with E-state index in [0.29, 0.717) is 55.4 Å². The van der Waals surface area contributed by atoms with Crippen molar-refractivity contribution in [2.45, 2.75) is 103 Å². The molecule has 49 heavy (non-hydrogen) atoms. The Morgan fingerprint density at radius 1 is 1.00 bits per heavy atom. The van der Waals surface area contributed by atoms with Gasteiger partial charge >= 0.3 is 5.97 Å². The molecule has 2 aromatic rings. The fraction of sp³-hybridized carbons (Fsp3) is 0.568. The van der Waals surface area contributed by atoms with Crippen LogP contribution in [0.4, 0.5) is 0 Å². The molecule has 0 aromatic heterocycles. The first-order valence-corrected chi connectivity index (χ1v) is 16.8. The lowest BCUT2D eigenvalue weighted by Gasteiger charge is -2.33. The first-order valence-electron chi connectivity index (χ1n) is 16.8. The van der Waals surface area contributed by atoms with Gasteiger partial charge in [0, 0.05) is 30.9 Å². The highest BCUT2D eigenvalue weighted by Gasteiger charge is 2.36. The van der Waals surface area contributed by atoms with Crippen LogP contribution in [0.2, 0.25) is 0 Å². The van der Waals surface area contributed by atoms with Crippen LogP contribution in [0, 0.1) is 30.1 Å². The first-order chi connectivity index (χ1) is 23.3. The predicted molar refractivity (Wildman–Crippen MR) is 182 cm³/mol. The van der Waals surface area contributed by atoms with Crippen LogP contribution in [0.25, 0.3) is 0 Å². The number of nitrogens with one attached hydrogen (secondary N) is 1. The lowest BCUT2D eigenvalue weighted by Crippen LogP contribution is -2.48. The fourth-order valence-corrected chi connectivity index (χ4v) is 5.17. The smallest absolute Gasteiger partial charge is 0.332 e. The van der Waals surface area contributed by atoms with E-state index < -0.39 is 43.0 Å². The number of benzene rings is 2. The van der Waals surface area contributed by atoms with Crippen molar-refractivity contribution in [1.82, 2.24) is 5.32 Å². The number of carboxylic acids is 1. The van der Waals surface area contributed by atoms with Crippen molar-refractivity contribution in [2.75, 3.05) is 13.2 Å². The number of rotatable bonds is 18. The second kappa shape index (κ2) is 22.2. The quantitative estimate of drug-likeness (QED) is 0.0892. The van der Waals surface area contributed by atoms with Crippen LogP contribution in [-0.4, -0.2) is 92.7 Å². The van der Waals surface area contributed by atoms with Crippen molar-refractivity contribution < 1.29 is 54.4 Å². The molecule has 0 radical (unpaired) electrons. The summed E-state index contributed by atoms with van der Waals surface area (Å²) in [5.74, 6) is 2.47. The van der Waals surface area contributed by atoms with E-state index in [1.165, 1.54) is 0 Å². The highest BCUT2D eigenvalue weighted by atomic mass is 16.7. The Bertz CT molecular complexity index is 1270. The maximum Gasteiger partial charge on any atom is 0.332 e. The Hall–Kier alpha value is -3.54. The molecule has 1 aliphatic rings. The van der Waals surface area contributed by atoms with Crippen molar-refractivity contribution in [2.24, 2.45) is 17.8 Å². The summed E-state index contributed by atoms with van der Waals surface area (Å²) in [6, 6.07) is 16.3. The molecule has 0 aliphatic carbocycles. The molecular formula is C37H53NO11. The third kappa shape index (κ3) is 15.7. The van der Waals surface area contributed by atoms with Gasteiger partial charge in [0.25, 0.3) is 5.91 Å². The number of ether oxygens (including phenoxy) is 3. The molecule has 7 N–H and O–H groups in total. The van der Waals surface area contributed by atoms with Gasteiger partial charge in [-0.15, -0.1) is 12.3 Å². The minimum atomic E-state index is -1.41. The minimum absolute atomic E-state index is 0.0425. The lowest BCUT2D eigenvalue weighted by atomic mass is 9.84. The van der Waals surface area contributed by atoms with Crippen molar-refractivity contribution >= 4 is 11.9 Å². The molecule has 0 saturated carbocycles. The highest BCUT2D eigenvalue weighted by Crippen LogP contribution is 2.25. The van der Waals surface area contributed by atoms with Crippen LogP contribution in [-0.2, 0) is 14.3 Å². The molecule has 12 heteroatoms. The zero-order chi connectivity index (χ0) is 36.3. The van der Waals surface area contributed by atoms with E-state index in [9.17, 15) is 24.9 Å². The van der Waals surface area contributed by atoms with E-state index in [2.05, 4.69) is 25.1 Å². The number of aliphatic hydroxyl groups is 5. The van der Waals surface area contributed by atoms with Gasteiger partial charge in [-0.1, -0.05) is 51.5 Å². The van der Waals surface area contributed by atoms with Crippen molar-refractivity contribution in [3.63, 3.8) is 0 Å². The Kier molecular flexibility index (Phi) is 18.9. The molecule has 1 amide bonds. The Morgan fingerprint density at radius 3 is 2.33 bits per heavy atom. The number of hydrogen-bond donors (Lipinski definition) is 7. The van der Waals surface area contributed by atoms with E-state index >= 15 is 0 Å². The van der Waals surface area contributed by atoms with Gasteiger partial charge in [0.1, 0.15) is 17.6 Å². The van der Waals surface area contributed by atoms with Crippen LogP contribution in [0.1, 0.15) is 76.1 Å². The fourth-order valence-electron chi connectivity index (χ4n) is 5.17. The van der Waals surface area contributed by atoms with Gasteiger partial charge in [-0.05, 0) is 67.9 Å². The molecule has 272 valence electrons. The number of amides is 1. The lowest BCUT2D eigenvalue weighted by molar-refractivity contribution is -0.305. The van der Waals surface area contributed by atoms with Crippen LogP contribution in [0.3, 0.4) is 0 Å². The maximum absolute atomic E-state index is 12.9. The summed E-state index contributed by atoms with van der Waals surface area (Å²) in [7, 11) is 0. The van der Waals surface area contributed by atoms with Gasteiger partial charge in [0.05, 0.1) is 18.8 Å². The van der Waals surface area contributed by atoms with E-state index in [4.69, 9.17) is 36.0 Å². The molecule has 0 spiro atoms. The van der Waals surface area contributed by atoms with Gasteiger partial charge in [-0.3, -0.25) is 4.79 Å². The monoisotopic (exact) mass is 687 g/mol. The van der Waals surface area contributed by atoms with Gasteiger partial charge in [0.15, 0.2) is 18.7 Å². The normalized spacial score (nSPS) is 21.9. The first kappa shape index (κ1) is 41.6. The molecule has 3 rings (SSSR count). The number of terminal acetylenes is 1. The summed E-state index contributed by atoms with van der Waals surface area (Å²) in [6.45, 7) is 6.80. The number of carbonyl (C=O) groups is 2. The second-order valence-electron chi connectivity index (χ2n) is 12.6.